The number of hydrogen-bond acceptors (Lipinski definition) is 2. The van der Waals surface area contributed by atoms with Crippen LogP contribution >= 0.6 is 0 Å². The van der Waals surface area contributed by atoms with Gasteiger partial charge in [-0.15, -0.1) is 0 Å². The molecule has 2 aromatic rings. The van der Waals surface area contributed by atoms with E-state index in [1.54, 1.807) is 0 Å². The molecular weight excluding hydrogens is 221 g/mol. The van der Waals surface area contributed by atoms with Crippen molar-refractivity contribution in [3.63, 3.8) is 0 Å². The highest BCUT2D eigenvalue weighted by molar-refractivity contribution is 6.32. The van der Waals surface area contributed by atoms with E-state index in [2.05, 4.69) is 12.1 Å². The van der Waals surface area contributed by atoms with Crippen molar-refractivity contribution < 1.29 is 4.84 Å². The lowest BCUT2D eigenvalue weighted by atomic mass is 9.95. The quantitative estimate of drug-likeness (QED) is 0.633. The lowest BCUT2D eigenvalue weighted by Gasteiger charge is -2.10. The van der Waals surface area contributed by atoms with Crippen LogP contribution in [0.1, 0.15) is 11.1 Å². The third-order valence-corrected chi connectivity index (χ3v) is 2.54. The molecule has 0 unspecified atom stereocenters. The Morgan fingerprint density at radius 3 is 2.39 bits per heavy atom. The van der Waals surface area contributed by atoms with E-state index in [-0.39, 0.29) is 0 Å². The van der Waals surface area contributed by atoms with Gasteiger partial charge >= 0.3 is 0 Å². The van der Waals surface area contributed by atoms with Gasteiger partial charge < -0.3 is 0 Å². The number of rotatable bonds is 5. The predicted molar refractivity (Wildman–Crippen MR) is 75.2 cm³/mol. The maximum absolute atomic E-state index is 5.62. The van der Waals surface area contributed by atoms with Gasteiger partial charge in [0.05, 0.1) is 12.3 Å². The van der Waals surface area contributed by atoms with Crippen molar-refractivity contribution in [3.05, 3.63) is 72.3 Å². The van der Waals surface area contributed by atoms with E-state index in [4.69, 9.17) is 12.7 Å². The second-order valence-electron chi connectivity index (χ2n) is 3.98. The zero-order chi connectivity index (χ0) is 12.8. The predicted octanol–water partition coefficient (Wildman–Crippen LogP) is 2.17. The molecule has 88 valence electrons. The van der Waals surface area contributed by atoms with Crippen molar-refractivity contribution in [2.24, 2.45) is 0 Å². The molecule has 1 N–H and O–H groups in total. The van der Waals surface area contributed by atoms with Crippen LogP contribution < -0.4 is 10.9 Å². The molecule has 3 heteroatoms. The van der Waals surface area contributed by atoms with Gasteiger partial charge in [-0.3, -0.25) is 10.3 Å². The molecule has 0 saturated heterocycles. The summed E-state index contributed by atoms with van der Waals surface area (Å²) in [7, 11) is 5.62. The summed E-state index contributed by atoms with van der Waals surface area (Å²) in [6.07, 6.45) is 0. The van der Waals surface area contributed by atoms with Crippen molar-refractivity contribution in [1.82, 2.24) is 5.48 Å². The summed E-state index contributed by atoms with van der Waals surface area (Å²) in [5, 5.41) is 0. The Morgan fingerprint density at radius 1 is 1.06 bits per heavy atom. The molecule has 0 aliphatic rings. The summed E-state index contributed by atoms with van der Waals surface area (Å²) in [6, 6.07) is 17.4. The molecule has 2 aromatic carbocycles. The molecule has 0 bridgehead atoms. The zero-order valence-electron chi connectivity index (χ0n) is 10.1. The van der Waals surface area contributed by atoms with Crippen molar-refractivity contribution in [2.45, 2.75) is 6.61 Å². The highest BCUT2D eigenvalue weighted by atomic mass is 16.6. The molecule has 0 aliphatic carbocycles. The summed E-state index contributed by atoms with van der Waals surface area (Å²) in [5.41, 5.74) is 6.34. The highest BCUT2D eigenvalue weighted by Gasteiger charge is 1.98. The molecule has 2 radical (unpaired) electrons. The second kappa shape index (κ2) is 6.08. The summed E-state index contributed by atoms with van der Waals surface area (Å²) in [6.45, 7) is 4.40. The third-order valence-electron chi connectivity index (χ3n) is 2.54. The fraction of sp³-hybridized carbons (Fsp3) is 0.0667. The second-order valence-corrected chi connectivity index (χ2v) is 3.98. The topological polar surface area (TPSA) is 21.3 Å². The van der Waals surface area contributed by atoms with Gasteiger partial charge in [-0.2, -0.15) is 0 Å². The van der Waals surface area contributed by atoms with Crippen LogP contribution in [0.3, 0.4) is 0 Å². The summed E-state index contributed by atoms with van der Waals surface area (Å²) < 4.78 is 0. The van der Waals surface area contributed by atoms with Gasteiger partial charge in [-0.1, -0.05) is 66.6 Å². The number of hydrogen-bond donors (Lipinski definition) is 1. The maximum Gasteiger partial charge on any atom is 0.113 e. The number of benzene rings is 2. The average Bonchev–Trinajstić information content (AvgIpc) is 2.40. The van der Waals surface area contributed by atoms with Gasteiger partial charge in [-0.05, 0) is 11.1 Å². The van der Waals surface area contributed by atoms with Crippen molar-refractivity contribution >= 4 is 19.0 Å². The molecule has 0 fully saturated rings. The van der Waals surface area contributed by atoms with Crippen molar-refractivity contribution in [3.8, 4) is 0 Å². The van der Waals surface area contributed by atoms with E-state index in [1.807, 2.05) is 54.6 Å². The average molecular weight is 235 g/mol. The van der Waals surface area contributed by atoms with E-state index in [0.717, 1.165) is 16.6 Å². The van der Waals surface area contributed by atoms with E-state index >= 15 is 0 Å². The lowest BCUT2D eigenvalue weighted by molar-refractivity contribution is 0.0648. The van der Waals surface area contributed by atoms with Crippen LogP contribution in [0.2, 0.25) is 0 Å². The smallest absolute Gasteiger partial charge is 0.113 e. The van der Waals surface area contributed by atoms with Crippen LogP contribution in [0.5, 0.6) is 0 Å². The summed E-state index contributed by atoms with van der Waals surface area (Å²) in [5.74, 6) is 0. The fourth-order valence-corrected chi connectivity index (χ4v) is 1.52. The van der Waals surface area contributed by atoms with E-state index in [0.29, 0.717) is 12.3 Å². The standard InChI is InChI=1S/C15H14BNO/c1-12(14-7-9-15(16)10-8-14)17-18-11-13-5-3-2-4-6-13/h2-10,17H,1,11H2. The van der Waals surface area contributed by atoms with Gasteiger partial charge in [0.2, 0.25) is 0 Å². The van der Waals surface area contributed by atoms with Gasteiger partial charge in [0.25, 0.3) is 0 Å². The molecule has 0 aliphatic heterocycles. The first kappa shape index (κ1) is 12.5. The largest absolute Gasteiger partial charge is 0.271 e. The minimum absolute atomic E-state index is 0.495. The Morgan fingerprint density at radius 2 is 1.72 bits per heavy atom. The molecule has 0 heterocycles. The van der Waals surface area contributed by atoms with Crippen molar-refractivity contribution in [2.75, 3.05) is 0 Å². The molecule has 0 atom stereocenters. The van der Waals surface area contributed by atoms with Crippen LogP contribution in [-0.2, 0) is 11.4 Å². The molecular formula is C15H14BNO. The van der Waals surface area contributed by atoms with Gasteiger partial charge in [0.15, 0.2) is 0 Å². The van der Waals surface area contributed by atoms with Crippen LogP contribution in [0.15, 0.2) is 61.2 Å². The van der Waals surface area contributed by atoms with E-state index in [1.165, 1.54) is 0 Å². The van der Waals surface area contributed by atoms with Gasteiger partial charge in [0.1, 0.15) is 7.85 Å². The Bertz CT molecular complexity index is 508. The van der Waals surface area contributed by atoms with Crippen molar-refractivity contribution in [1.29, 1.82) is 0 Å². The Balaban J connectivity index is 1.84. The molecule has 0 spiro atoms. The van der Waals surface area contributed by atoms with Crippen LogP contribution in [0.4, 0.5) is 0 Å². The molecule has 2 rings (SSSR count). The van der Waals surface area contributed by atoms with Crippen LogP contribution in [0, 0.1) is 0 Å². The van der Waals surface area contributed by atoms with Gasteiger partial charge in [-0.25, -0.2) is 0 Å². The lowest BCUT2D eigenvalue weighted by Crippen LogP contribution is -2.12. The monoisotopic (exact) mass is 235 g/mol. The SMILES string of the molecule is [B]c1ccc(C(=C)NOCc2ccccc2)cc1. The first-order valence-electron chi connectivity index (χ1n) is 5.72. The molecule has 0 amide bonds. The minimum atomic E-state index is 0.495. The van der Waals surface area contributed by atoms with Crippen LogP contribution in [-0.4, -0.2) is 7.85 Å². The first-order chi connectivity index (χ1) is 8.75. The molecule has 0 saturated carbocycles. The highest BCUT2D eigenvalue weighted by Crippen LogP contribution is 2.08. The molecule has 0 aromatic heterocycles. The zero-order valence-corrected chi connectivity index (χ0v) is 10.1. The number of hydroxylamine groups is 1. The Kier molecular flexibility index (Phi) is 4.21. The maximum atomic E-state index is 5.62. The minimum Gasteiger partial charge on any atom is -0.271 e. The molecule has 18 heavy (non-hydrogen) atoms. The normalized spacial score (nSPS) is 10.0. The van der Waals surface area contributed by atoms with Crippen LogP contribution in [0.25, 0.3) is 5.70 Å². The summed E-state index contributed by atoms with van der Waals surface area (Å²) >= 11 is 0. The molecule has 2 nitrogen and oxygen atoms in total. The van der Waals surface area contributed by atoms with Gasteiger partial charge in [0, 0.05) is 0 Å². The fourth-order valence-electron chi connectivity index (χ4n) is 1.52. The Hall–Kier alpha value is -2.00. The third kappa shape index (κ3) is 3.50. The summed E-state index contributed by atoms with van der Waals surface area (Å²) in [4.78, 5) is 5.39. The first-order valence-corrected chi connectivity index (χ1v) is 5.72. The van der Waals surface area contributed by atoms with E-state index < -0.39 is 0 Å². The Labute approximate surface area is 109 Å². The number of nitrogens with one attached hydrogen (secondary N) is 1. The van der Waals surface area contributed by atoms with E-state index in [9.17, 15) is 0 Å².